The van der Waals surface area contributed by atoms with Crippen molar-refractivity contribution in [2.45, 2.75) is 13.1 Å². The summed E-state index contributed by atoms with van der Waals surface area (Å²) in [4.78, 5) is 11.5. The Morgan fingerprint density at radius 1 is 1.06 bits per heavy atom. The number of hydrazine groups is 1. The molecular formula is C22H27N8O+. The summed E-state index contributed by atoms with van der Waals surface area (Å²) in [6, 6.07) is 18.6. The van der Waals surface area contributed by atoms with Crippen molar-refractivity contribution in [2.24, 2.45) is 0 Å². The molecule has 1 atom stereocenters. The number of aromatic nitrogens is 2. The van der Waals surface area contributed by atoms with Gasteiger partial charge in [0.2, 0.25) is 5.95 Å². The van der Waals surface area contributed by atoms with E-state index in [4.69, 9.17) is 9.72 Å². The number of anilines is 4. The zero-order valence-corrected chi connectivity index (χ0v) is 17.5. The molecule has 1 aromatic heterocycles. The van der Waals surface area contributed by atoms with Crippen molar-refractivity contribution in [1.82, 2.24) is 20.9 Å². The molecule has 2 saturated heterocycles. The predicted molar refractivity (Wildman–Crippen MR) is 120 cm³/mol. The van der Waals surface area contributed by atoms with E-state index in [2.05, 4.69) is 74.5 Å². The van der Waals surface area contributed by atoms with Gasteiger partial charge in [-0.1, -0.05) is 17.7 Å². The van der Waals surface area contributed by atoms with Gasteiger partial charge >= 0.3 is 0 Å². The predicted octanol–water partition coefficient (Wildman–Crippen LogP) is 1.38. The van der Waals surface area contributed by atoms with Crippen LogP contribution < -0.4 is 31.7 Å². The molecule has 2 aromatic carbocycles. The molecule has 3 heterocycles. The molecule has 9 heteroatoms. The number of nitrogens with two attached hydrogens (primary N) is 1. The number of nitrogens with one attached hydrogen (secondary N) is 3. The zero-order chi connectivity index (χ0) is 21.0. The summed E-state index contributed by atoms with van der Waals surface area (Å²) >= 11 is 0. The van der Waals surface area contributed by atoms with Crippen LogP contribution in [0, 0.1) is 0 Å². The lowest BCUT2D eigenvalue weighted by Gasteiger charge is -2.29. The Morgan fingerprint density at radius 2 is 1.90 bits per heavy atom. The van der Waals surface area contributed by atoms with E-state index < -0.39 is 0 Å². The molecule has 31 heavy (non-hydrogen) atoms. The summed E-state index contributed by atoms with van der Waals surface area (Å²) in [5, 5.41) is 5.44. The van der Waals surface area contributed by atoms with E-state index >= 15 is 0 Å². The molecule has 0 saturated carbocycles. The first kappa shape index (κ1) is 19.7. The van der Waals surface area contributed by atoms with Gasteiger partial charge in [0.25, 0.3) is 0 Å². The minimum absolute atomic E-state index is 0.201. The third-order valence-electron chi connectivity index (χ3n) is 5.51. The summed E-state index contributed by atoms with van der Waals surface area (Å²) in [7, 11) is 0. The van der Waals surface area contributed by atoms with Crippen LogP contribution >= 0.6 is 0 Å². The van der Waals surface area contributed by atoms with Crippen LogP contribution in [0.2, 0.25) is 0 Å². The molecule has 0 radical (unpaired) electrons. The van der Waals surface area contributed by atoms with E-state index in [1.54, 1.807) is 6.20 Å². The summed E-state index contributed by atoms with van der Waals surface area (Å²) in [6.45, 7) is 5.46. The number of ether oxygens (including phenoxy) is 1. The van der Waals surface area contributed by atoms with Gasteiger partial charge in [-0.25, -0.2) is 9.97 Å². The molecule has 0 amide bonds. The molecule has 2 aliphatic rings. The zero-order valence-electron chi connectivity index (χ0n) is 17.5. The first-order valence-electron chi connectivity index (χ1n) is 10.5. The van der Waals surface area contributed by atoms with Crippen molar-refractivity contribution in [2.75, 3.05) is 41.5 Å². The third kappa shape index (κ3) is 4.44. The molecular weight excluding hydrogens is 392 g/mol. The van der Waals surface area contributed by atoms with Gasteiger partial charge in [0.05, 0.1) is 24.6 Å². The Labute approximate surface area is 181 Å². The maximum Gasteiger partial charge on any atom is 0.227 e. The van der Waals surface area contributed by atoms with Crippen LogP contribution in [0.25, 0.3) is 11.3 Å². The molecule has 3 aromatic rings. The summed E-state index contributed by atoms with van der Waals surface area (Å²) in [5.41, 5.74) is 13.3. The molecule has 0 spiro atoms. The van der Waals surface area contributed by atoms with Crippen molar-refractivity contribution < 1.29 is 10.3 Å². The van der Waals surface area contributed by atoms with E-state index in [0.717, 1.165) is 48.9 Å². The SMILES string of the molecule is CC1NN[NH2+]N1c1ccc(Nc2nccc(-c3cccc(N4CCOCC4)c3)n2)cc1. The smallest absolute Gasteiger partial charge is 0.227 e. The van der Waals surface area contributed by atoms with Gasteiger partial charge in [-0.2, -0.15) is 16.0 Å². The quantitative estimate of drug-likeness (QED) is 0.461. The van der Waals surface area contributed by atoms with Gasteiger partial charge in [-0.3, -0.25) is 0 Å². The van der Waals surface area contributed by atoms with Crippen LogP contribution in [-0.2, 0) is 4.74 Å². The van der Waals surface area contributed by atoms with Crippen LogP contribution in [0.5, 0.6) is 0 Å². The molecule has 160 valence electrons. The Hall–Kier alpha value is -3.24. The molecule has 2 aliphatic heterocycles. The highest BCUT2D eigenvalue weighted by atomic mass is 16.5. The van der Waals surface area contributed by atoms with Gasteiger partial charge in [-0.05, 0) is 49.4 Å². The van der Waals surface area contributed by atoms with Crippen molar-refractivity contribution in [3.05, 3.63) is 60.8 Å². The highest BCUT2D eigenvalue weighted by molar-refractivity contribution is 5.67. The minimum atomic E-state index is 0.201. The van der Waals surface area contributed by atoms with Crippen LogP contribution in [0.4, 0.5) is 23.0 Å². The Morgan fingerprint density at radius 3 is 2.68 bits per heavy atom. The normalized spacial score (nSPS) is 18.9. The highest BCUT2D eigenvalue weighted by Crippen LogP contribution is 2.25. The molecule has 2 fully saturated rings. The van der Waals surface area contributed by atoms with Gasteiger partial charge in [-0.15, -0.1) is 0 Å². The average Bonchev–Trinajstić information content (AvgIpc) is 3.26. The van der Waals surface area contributed by atoms with Crippen LogP contribution in [0.3, 0.4) is 0 Å². The number of rotatable bonds is 5. The molecule has 5 rings (SSSR count). The van der Waals surface area contributed by atoms with E-state index in [-0.39, 0.29) is 6.17 Å². The van der Waals surface area contributed by atoms with Gasteiger partial charge in [0.1, 0.15) is 6.17 Å². The Kier molecular flexibility index (Phi) is 5.63. The lowest BCUT2D eigenvalue weighted by Crippen LogP contribution is -2.98. The topological polar surface area (TPSA) is 94.2 Å². The van der Waals surface area contributed by atoms with E-state index in [1.807, 2.05) is 23.7 Å². The number of nitrogens with zero attached hydrogens (tertiary/aromatic N) is 4. The summed E-state index contributed by atoms with van der Waals surface area (Å²) in [5.74, 6) is 0.575. The number of hydrogen-bond acceptors (Lipinski definition) is 8. The van der Waals surface area contributed by atoms with Gasteiger partial charge < -0.3 is 15.0 Å². The molecule has 0 aliphatic carbocycles. The van der Waals surface area contributed by atoms with Crippen LogP contribution in [0.15, 0.2) is 60.8 Å². The number of quaternary nitrogens is 1. The number of morpholine rings is 1. The van der Waals surface area contributed by atoms with Crippen LogP contribution in [-0.4, -0.2) is 42.4 Å². The second-order valence-corrected chi connectivity index (χ2v) is 7.59. The van der Waals surface area contributed by atoms with E-state index in [1.165, 1.54) is 5.69 Å². The van der Waals surface area contributed by atoms with Crippen molar-refractivity contribution >= 4 is 23.0 Å². The average molecular weight is 420 g/mol. The fourth-order valence-electron chi connectivity index (χ4n) is 3.82. The van der Waals surface area contributed by atoms with Crippen molar-refractivity contribution in [3.63, 3.8) is 0 Å². The van der Waals surface area contributed by atoms with E-state index in [0.29, 0.717) is 5.95 Å². The fraction of sp³-hybridized carbons (Fsp3) is 0.273. The second-order valence-electron chi connectivity index (χ2n) is 7.59. The first-order chi connectivity index (χ1) is 15.3. The monoisotopic (exact) mass is 419 g/mol. The van der Waals surface area contributed by atoms with Gasteiger partial charge in [0.15, 0.2) is 0 Å². The second kappa shape index (κ2) is 8.86. The van der Waals surface area contributed by atoms with Crippen molar-refractivity contribution in [1.29, 1.82) is 0 Å². The highest BCUT2D eigenvalue weighted by Gasteiger charge is 2.23. The van der Waals surface area contributed by atoms with Crippen molar-refractivity contribution in [3.8, 4) is 11.3 Å². The molecule has 0 bridgehead atoms. The van der Waals surface area contributed by atoms with Crippen LogP contribution in [0.1, 0.15) is 6.92 Å². The fourth-order valence-corrected chi connectivity index (χ4v) is 3.82. The molecule has 5 N–H and O–H groups in total. The largest absolute Gasteiger partial charge is 0.378 e. The lowest BCUT2D eigenvalue weighted by molar-refractivity contribution is -0.708. The summed E-state index contributed by atoms with van der Waals surface area (Å²) < 4.78 is 5.47. The number of hydrogen-bond donors (Lipinski definition) is 4. The minimum Gasteiger partial charge on any atom is -0.378 e. The Bertz CT molecular complexity index is 1020. The Balaban J connectivity index is 1.31. The maximum atomic E-state index is 5.47. The summed E-state index contributed by atoms with van der Waals surface area (Å²) in [6.07, 6.45) is 1.99. The third-order valence-corrected chi connectivity index (χ3v) is 5.51. The molecule has 1 unspecified atom stereocenters. The standard InChI is InChI=1S/C22H26N8O/c1-16-26-27-28-30(16)19-7-5-18(6-8-19)24-22-23-10-9-21(25-22)17-3-2-4-20(15-17)29-11-13-31-14-12-29/h2-10,15-16,26-28H,11-14H2,1H3,(H,23,24,25)/p+1. The lowest BCUT2D eigenvalue weighted by atomic mass is 10.1. The van der Waals surface area contributed by atoms with Gasteiger partial charge in [0, 0.05) is 36.2 Å². The maximum absolute atomic E-state index is 5.47. The first-order valence-corrected chi connectivity index (χ1v) is 10.5. The number of benzene rings is 2. The van der Waals surface area contributed by atoms with E-state index in [9.17, 15) is 0 Å². The molecule has 9 nitrogen and oxygen atoms in total.